The summed E-state index contributed by atoms with van der Waals surface area (Å²) in [4.78, 5) is 14.4. The van der Waals surface area contributed by atoms with Gasteiger partial charge in [0.1, 0.15) is 0 Å². The summed E-state index contributed by atoms with van der Waals surface area (Å²) in [6.45, 7) is 4.46. The number of thioether (sulfide) groups is 1. The summed E-state index contributed by atoms with van der Waals surface area (Å²) in [5.41, 5.74) is 3.30. The molecule has 1 amide bonds. The molecule has 5 heteroatoms. The van der Waals surface area contributed by atoms with Gasteiger partial charge in [0.25, 0.3) is 0 Å². The lowest BCUT2D eigenvalue weighted by atomic mass is 10.0. The molecule has 1 aliphatic heterocycles. The van der Waals surface area contributed by atoms with Crippen LogP contribution in [0.25, 0.3) is 10.8 Å². The number of carbonyl (C=O) groups is 1. The standard InChI is InChI=1S/C23H21N3OS/c1-16-10-12-18(13-11-16)14-24-25-23-26(22(27)17(2)28-23)15-20-8-5-7-19-6-3-4-9-21(19)20/h3-14,17H,15H2,1-2H3. The number of nitrogens with zero attached hydrogens (tertiary/aromatic N) is 3. The van der Waals surface area contributed by atoms with E-state index in [0.29, 0.717) is 11.7 Å². The molecule has 1 saturated heterocycles. The molecule has 0 aromatic heterocycles. The predicted octanol–water partition coefficient (Wildman–Crippen LogP) is 5.00. The minimum atomic E-state index is -0.150. The van der Waals surface area contributed by atoms with Gasteiger partial charge in [-0.25, -0.2) is 0 Å². The van der Waals surface area contributed by atoms with Crippen molar-refractivity contribution in [3.63, 3.8) is 0 Å². The molecule has 3 aromatic carbocycles. The molecule has 1 fully saturated rings. The van der Waals surface area contributed by atoms with Crippen molar-refractivity contribution in [3.05, 3.63) is 83.4 Å². The van der Waals surface area contributed by atoms with Crippen LogP contribution in [0.15, 0.2) is 76.9 Å². The van der Waals surface area contributed by atoms with Gasteiger partial charge in [-0.2, -0.15) is 5.10 Å². The minimum Gasteiger partial charge on any atom is -0.284 e. The Labute approximate surface area is 169 Å². The number of amides is 1. The highest BCUT2D eigenvalue weighted by Gasteiger charge is 2.35. The third-order valence-corrected chi connectivity index (χ3v) is 5.83. The van der Waals surface area contributed by atoms with Crippen molar-refractivity contribution in [2.75, 3.05) is 0 Å². The maximum absolute atomic E-state index is 12.7. The average molecular weight is 388 g/mol. The second-order valence-corrected chi connectivity index (χ2v) is 8.17. The quantitative estimate of drug-likeness (QED) is 0.467. The van der Waals surface area contributed by atoms with Gasteiger partial charge in [-0.1, -0.05) is 84.1 Å². The summed E-state index contributed by atoms with van der Waals surface area (Å²) in [5, 5.41) is 11.4. The van der Waals surface area contributed by atoms with Gasteiger partial charge >= 0.3 is 0 Å². The Morgan fingerprint density at radius 3 is 2.61 bits per heavy atom. The van der Waals surface area contributed by atoms with Gasteiger partial charge < -0.3 is 0 Å². The van der Waals surface area contributed by atoms with Crippen molar-refractivity contribution >= 4 is 39.8 Å². The van der Waals surface area contributed by atoms with Crippen molar-refractivity contribution in [1.29, 1.82) is 0 Å². The maximum Gasteiger partial charge on any atom is 0.242 e. The van der Waals surface area contributed by atoms with Crippen LogP contribution in [0.5, 0.6) is 0 Å². The number of rotatable bonds is 4. The SMILES string of the molecule is Cc1ccc(C=NN=C2SC(C)C(=O)N2Cc2cccc3ccccc23)cc1. The lowest BCUT2D eigenvalue weighted by molar-refractivity contribution is -0.126. The molecule has 0 spiro atoms. The van der Waals surface area contributed by atoms with E-state index < -0.39 is 0 Å². The molecule has 4 rings (SSSR count). The highest BCUT2D eigenvalue weighted by molar-refractivity contribution is 8.15. The van der Waals surface area contributed by atoms with Crippen LogP contribution in [-0.2, 0) is 11.3 Å². The zero-order chi connectivity index (χ0) is 19.5. The second kappa shape index (κ2) is 7.98. The first-order valence-electron chi connectivity index (χ1n) is 9.24. The van der Waals surface area contributed by atoms with Crippen molar-refractivity contribution in [1.82, 2.24) is 4.90 Å². The van der Waals surface area contributed by atoms with Gasteiger partial charge in [-0.15, -0.1) is 5.10 Å². The molecule has 0 bridgehead atoms. The number of aryl methyl sites for hydroxylation is 1. The molecular formula is C23H21N3OS. The summed E-state index contributed by atoms with van der Waals surface area (Å²) in [7, 11) is 0. The molecule has 0 saturated carbocycles. The maximum atomic E-state index is 12.7. The first kappa shape index (κ1) is 18.4. The van der Waals surface area contributed by atoms with Gasteiger partial charge in [0.05, 0.1) is 18.0 Å². The zero-order valence-electron chi connectivity index (χ0n) is 15.9. The molecular weight excluding hydrogens is 366 g/mol. The van der Waals surface area contributed by atoms with Crippen LogP contribution in [0.3, 0.4) is 0 Å². The van der Waals surface area contributed by atoms with E-state index in [1.165, 1.54) is 22.7 Å². The molecule has 1 unspecified atom stereocenters. The van der Waals surface area contributed by atoms with Gasteiger partial charge in [0.2, 0.25) is 5.91 Å². The highest BCUT2D eigenvalue weighted by Crippen LogP contribution is 2.30. The van der Waals surface area contributed by atoms with E-state index in [4.69, 9.17) is 0 Å². The molecule has 4 nitrogen and oxygen atoms in total. The van der Waals surface area contributed by atoms with Crippen LogP contribution in [-0.4, -0.2) is 27.4 Å². The fraction of sp³-hybridized carbons (Fsp3) is 0.174. The van der Waals surface area contributed by atoms with E-state index >= 15 is 0 Å². The van der Waals surface area contributed by atoms with Crippen LogP contribution < -0.4 is 0 Å². The molecule has 140 valence electrons. The number of benzene rings is 3. The second-order valence-electron chi connectivity index (χ2n) is 6.86. The van der Waals surface area contributed by atoms with Crippen LogP contribution in [0.1, 0.15) is 23.6 Å². The van der Waals surface area contributed by atoms with Crippen LogP contribution in [0, 0.1) is 6.92 Å². The molecule has 3 aromatic rings. The number of hydrogen-bond donors (Lipinski definition) is 0. The van der Waals surface area contributed by atoms with E-state index in [9.17, 15) is 4.79 Å². The van der Waals surface area contributed by atoms with Crippen molar-refractivity contribution < 1.29 is 4.79 Å². The lowest BCUT2D eigenvalue weighted by Crippen LogP contribution is -2.30. The summed E-state index contributed by atoms with van der Waals surface area (Å²) in [6.07, 6.45) is 1.72. The van der Waals surface area contributed by atoms with Crippen LogP contribution in [0.4, 0.5) is 0 Å². The van der Waals surface area contributed by atoms with Crippen molar-refractivity contribution in [2.24, 2.45) is 10.2 Å². The summed E-state index contributed by atoms with van der Waals surface area (Å²) >= 11 is 1.46. The Kier molecular flexibility index (Phi) is 5.26. The van der Waals surface area contributed by atoms with Crippen LogP contribution >= 0.6 is 11.8 Å². The zero-order valence-corrected chi connectivity index (χ0v) is 16.7. The van der Waals surface area contributed by atoms with E-state index in [0.717, 1.165) is 16.5 Å². The van der Waals surface area contributed by atoms with Gasteiger partial charge in [-0.05, 0) is 35.7 Å². The number of fused-ring (bicyclic) bond motifs is 1. The Bertz CT molecular complexity index is 1070. The largest absolute Gasteiger partial charge is 0.284 e. The first-order chi connectivity index (χ1) is 13.6. The van der Waals surface area contributed by atoms with E-state index in [1.807, 2.05) is 49.4 Å². The van der Waals surface area contributed by atoms with E-state index in [-0.39, 0.29) is 11.2 Å². The molecule has 0 N–H and O–H groups in total. The fourth-order valence-corrected chi connectivity index (χ4v) is 4.13. The predicted molar refractivity (Wildman–Crippen MR) is 118 cm³/mol. The Morgan fingerprint density at radius 1 is 1.04 bits per heavy atom. The third kappa shape index (κ3) is 3.85. The summed E-state index contributed by atoms with van der Waals surface area (Å²) < 4.78 is 0. The van der Waals surface area contributed by atoms with E-state index in [2.05, 4.69) is 41.4 Å². The minimum absolute atomic E-state index is 0.0715. The molecule has 28 heavy (non-hydrogen) atoms. The lowest BCUT2D eigenvalue weighted by Gasteiger charge is -2.17. The molecule has 0 radical (unpaired) electrons. The third-order valence-electron chi connectivity index (χ3n) is 4.76. The number of carbonyl (C=O) groups excluding carboxylic acids is 1. The van der Waals surface area contributed by atoms with Gasteiger partial charge in [-0.3, -0.25) is 9.69 Å². The Morgan fingerprint density at radius 2 is 1.79 bits per heavy atom. The first-order valence-corrected chi connectivity index (χ1v) is 10.1. The Hall–Kier alpha value is -2.92. The van der Waals surface area contributed by atoms with Gasteiger partial charge in [0, 0.05) is 0 Å². The molecule has 1 heterocycles. The van der Waals surface area contributed by atoms with E-state index in [1.54, 1.807) is 11.1 Å². The molecule has 1 atom stereocenters. The van der Waals surface area contributed by atoms with Crippen LogP contribution in [0.2, 0.25) is 0 Å². The fourth-order valence-electron chi connectivity index (χ4n) is 3.21. The molecule has 0 aliphatic carbocycles. The normalized spacial score (nSPS) is 18.6. The van der Waals surface area contributed by atoms with Crippen molar-refractivity contribution in [3.8, 4) is 0 Å². The smallest absolute Gasteiger partial charge is 0.242 e. The number of amidine groups is 1. The topological polar surface area (TPSA) is 45.0 Å². The Balaban J connectivity index is 1.60. The highest BCUT2D eigenvalue weighted by atomic mass is 32.2. The summed E-state index contributed by atoms with van der Waals surface area (Å²) in [5.74, 6) is 0.0715. The summed E-state index contributed by atoms with van der Waals surface area (Å²) in [6, 6.07) is 22.5. The van der Waals surface area contributed by atoms with Crippen molar-refractivity contribution in [2.45, 2.75) is 25.6 Å². The monoisotopic (exact) mass is 387 g/mol. The average Bonchev–Trinajstić information content (AvgIpc) is 2.97. The molecule has 1 aliphatic rings. The van der Waals surface area contributed by atoms with Gasteiger partial charge in [0.15, 0.2) is 5.17 Å². The number of hydrogen-bond acceptors (Lipinski definition) is 4.